The maximum Gasteiger partial charge on any atom is 0.416 e. The van der Waals surface area contributed by atoms with Gasteiger partial charge in [-0.3, -0.25) is 4.79 Å². The molecule has 1 amide bonds. The van der Waals surface area contributed by atoms with Gasteiger partial charge in [0.1, 0.15) is 0 Å². The Bertz CT molecular complexity index is 1060. The summed E-state index contributed by atoms with van der Waals surface area (Å²) in [5.74, 6) is -1.20. The predicted octanol–water partition coefficient (Wildman–Crippen LogP) is 3.35. The van der Waals surface area contributed by atoms with Crippen molar-refractivity contribution in [3.8, 4) is 0 Å². The lowest BCUT2D eigenvalue weighted by molar-refractivity contribution is -0.137. The Morgan fingerprint density at radius 1 is 1.30 bits per heavy atom. The summed E-state index contributed by atoms with van der Waals surface area (Å²) >= 11 is 0. The van der Waals surface area contributed by atoms with Gasteiger partial charge in [0.05, 0.1) is 29.3 Å². The first-order valence-electron chi connectivity index (χ1n) is 9.54. The molecule has 5 atom stereocenters. The van der Waals surface area contributed by atoms with E-state index < -0.39 is 52.7 Å². The van der Waals surface area contributed by atoms with Crippen molar-refractivity contribution in [2.24, 2.45) is 5.41 Å². The molecule has 3 heterocycles. The van der Waals surface area contributed by atoms with Crippen LogP contribution in [0.25, 0.3) is 0 Å². The molecule has 0 unspecified atom stereocenters. The number of alkyl halides is 3. The van der Waals surface area contributed by atoms with Crippen LogP contribution in [0, 0.1) is 18.3 Å². The zero-order valence-corrected chi connectivity index (χ0v) is 15.8. The van der Waals surface area contributed by atoms with Gasteiger partial charge in [-0.05, 0) is 48.7 Å². The molecule has 2 N–H and O–H groups in total. The minimum atomic E-state index is -4.54. The number of amides is 1. The molecule has 158 valence electrons. The number of carbonyl (C=O) groups excluding carboxylic acids is 1. The van der Waals surface area contributed by atoms with Crippen molar-refractivity contribution in [1.29, 1.82) is 0 Å². The third kappa shape index (κ3) is 2.42. The second-order valence-electron chi connectivity index (χ2n) is 8.32. The number of anilines is 1. The van der Waals surface area contributed by atoms with Gasteiger partial charge in [-0.2, -0.15) is 17.6 Å². The van der Waals surface area contributed by atoms with Gasteiger partial charge in [0, 0.05) is 23.7 Å². The van der Waals surface area contributed by atoms with Crippen LogP contribution in [-0.2, 0) is 21.1 Å². The lowest BCUT2D eigenvalue weighted by Gasteiger charge is -2.29. The number of fused-ring (bicyclic) bond motifs is 5. The zero-order valence-electron chi connectivity index (χ0n) is 15.8. The number of hydrogen-bond acceptors (Lipinski definition) is 4. The predicted molar refractivity (Wildman–Crippen MR) is 97.0 cm³/mol. The first-order chi connectivity index (χ1) is 14.1. The number of aliphatic hydroxyl groups is 1. The number of carbonyl (C=O) groups is 1. The fourth-order valence-electron chi connectivity index (χ4n) is 5.38. The van der Waals surface area contributed by atoms with Crippen LogP contribution in [0.5, 0.6) is 0 Å². The number of hydrogen-bond donors (Lipinski definition) is 2. The Morgan fingerprint density at radius 3 is 2.77 bits per heavy atom. The summed E-state index contributed by atoms with van der Waals surface area (Å²) in [4.78, 5) is 16.9. The second kappa shape index (κ2) is 6.01. The third-order valence-corrected chi connectivity index (χ3v) is 6.84. The molecule has 3 fully saturated rings. The van der Waals surface area contributed by atoms with Crippen molar-refractivity contribution in [3.63, 3.8) is 0 Å². The van der Waals surface area contributed by atoms with Crippen LogP contribution in [0.1, 0.15) is 29.5 Å². The van der Waals surface area contributed by atoms with E-state index in [1.165, 1.54) is 18.3 Å². The summed E-state index contributed by atoms with van der Waals surface area (Å²) in [5, 5.41) is 13.0. The highest BCUT2D eigenvalue weighted by molar-refractivity contribution is 6.01. The number of rotatable bonds is 3. The van der Waals surface area contributed by atoms with Gasteiger partial charge in [0.2, 0.25) is 11.9 Å². The topological polar surface area (TPSA) is 71.5 Å². The van der Waals surface area contributed by atoms with E-state index in [0.717, 1.165) is 12.1 Å². The van der Waals surface area contributed by atoms with Gasteiger partial charge in [-0.25, -0.2) is 4.98 Å². The summed E-state index contributed by atoms with van der Waals surface area (Å²) in [5.41, 5.74) is -1.83. The minimum absolute atomic E-state index is 0.0641. The van der Waals surface area contributed by atoms with Crippen LogP contribution < -0.4 is 5.32 Å². The highest BCUT2D eigenvalue weighted by Gasteiger charge is 2.87. The number of aliphatic hydroxyl groups excluding tert-OH is 1. The molecule has 2 bridgehead atoms. The number of halogens is 4. The second-order valence-corrected chi connectivity index (χ2v) is 8.32. The Morgan fingerprint density at radius 2 is 2.07 bits per heavy atom. The molecule has 3 aliphatic rings. The number of nitrogens with one attached hydrogen (secondary N) is 1. The minimum Gasteiger partial charge on any atom is -0.390 e. The monoisotopic (exact) mass is 422 g/mol. The number of nitrogens with zero attached hydrogens (tertiary/aromatic N) is 1. The number of aryl methyl sites for hydroxylation is 1. The fraction of sp³-hybridized carbons (Fsp3) is 0.429. The van der Waals surface area contributed by atoms with Crippen molar-refractivity contribution in [1.82, 2.24) is 4.98 Å². The standard InChI is InChI=1S/C21H18F4N2O3/c1-10-2-3-12(21(23,24)25)6-13(10)27-18(29)20-9-19(20,11-4-5-26-16(22)7-11)17-14(28)8-15(20)30-17/h2-7,14-15,17,28H,8-9H2,1H3,(H,27,29)/t14-,15+,17-,19+,20+/m0/s1. The molecule has 2 aromatic rings. The Balaban J connectivity index is 1.52. The van der Waals surface area contributed by atoms with E-state index in [4.69, 9.17) is 4.74 Å². The number of aromatic nitrogens is 1. The molecule has 0 spiro atoms. The molecule has 1 saturated carbocycles. The molecule has 9 heteroatoms. The molecule has 2 aliphatic heterocycles. The third-order valence-electron chi connectivity index (χ3n) is 6.84. The van der Waals surface area contributed by atoms with Crippen LogP contribution >= 0.6 is 0 Å². The van der Waals surface area contributed by atoms with E-state index in [0.29, 0.717) is 17.5 Å². The lowest BCUT2D eigenvalue weighted by atomic mass is 9.74. The molecule has 30 heavy (non-hydrogen) atoms. The van der Waals surface area contributed by atoms with Crippen molar-refractivity contribution >= 4 is 11.6 Å². The molecule has 0 radical (unpaired) electrons. The SMILES string of the molecule is Cc1ccc(C(F)(F)F)cc1NC(=O)[C@]12C[C@@]1(c1ccnc(F)c1)[C@H]1O[C@@H]2C[C@@H]1O. The average molecular weight is 422 g/mol. The van der Waals surface area contributed by atoms with Crippen LogP contribution in [0.4, 0.5) is 23.2 Å². The first kappa shape index (κ1) is 19.4. The molecule has 2 saturated heterocycles. The number of ether oxygens (including phenoxy) is 1. The van der Waals surface area contributed by atoms with Gasteiger partial charge in [-0.15, -0.1) is 0 Å². The summed E-state index contributed by atoms with van der Waals surface area (Å²) in [6.45, 7) is 1.60. The summed E-state index contributed by atoms with van der Waals surface area (Å²) in [7, 11) is 0. The Hall–Kier alpha value is -2.52. The Kier molecular flexibility index (Phi) is 3.90. The average Bonchev–Trinajstić information content (AvgIpc) is 3.16. The van der Waals surface area contributed by atoms with E-state index in [-0.39, 0.29) is 12.1 Å². The van der Waals surface area contributed by atoms with E-state index in [2.05, 4.69) is 10.3 Å². The van der Waals surface area contributed by atoms with Gasteiger partial charge < -0.3 is 15.2 Å². The molecule has 1 aliphatic carbocycles. The van der Waals surface area contributed by atoms with Crippen LogP contribution in [0.2, 0.25) is 0 Å². The van der Waals surface area contributed by atoms with Crippen molar-refractivity contribution in [2.45, 2.75) is 49.7 Å². The van der Waals surface area contributed by atoms with Gasteiger partial charge in [-0.1, -0.05) is 6.07 Å². The molecule has 1 aromatic carbocycles. The smallest absolute Gasteiger partial charge is 0.390 e. The van der Waals surface area contributed by atoms with Gasteiger partial charge >= 0.3 is 6.18 Å². The summed E-state index contributed by atoms with van der Waals surface area (Å²) in [6, 6.07) is 5.98. The molecule has 1 aromatic heterocycles. The molecule has 5 nitrogen and oxygen atoms in total. The van der Waals surface area contributed by atoms with E-state index in [1.807, 2.05) is 0 Å². The van der Waals surface area contributed by atoms with Crippen LogP contribution in [-0.4, -0.2) is 34.3 Å². The highest BCUT2D eigenvalue weighted by atomic mass is 19.4. The largest absolute Gasteiger partial charge is 0.416 e. The van der Waals surface area contributed by atoms with E-state index in [9.17, 15) is 27.5 Å². The van der Waals surface area contributed by atoms with E-state index >= 15 is 0 Å². The van der Waals surface area contributed by atoms with E-state index in [1.54, 1.807) is 13.0 Å². The zero-order chi connectivity index (χ0) is 21.5. The summed E-state index contributed by atoms with van der Waals surface area (Å²) in [6.07, 6.45) is -4.77. The normalized spacial score (nSPS) is 34.0. The van der Waals surface area contributed by atoms with Crippen LogP contribution in [0.3, 0.4) is 0 Å². The highest BCUT2D eigenvalue weighted by Crippen LogP contribution is 2.77. The van der Waals surface area contributed by atoms with Crippen molar-refractivity contribution < 1.29 is 32.2 Å². The molecule has 5 rings (SSSR count). The van der Waals surface area contributed by atoms with Gasteiger partial charge in [0.15, 0.2) is 0 Å². The van der Waals surface area contributed by atoms with Crippen molar-refractivity contribution in [2.75, 3.05) is 5.32 Å². The first-order valence-corrected chi connectivity index (χ1v) is 9.54. The maximum absolute atomic E-state index is 13.8. The lowest BCUT2D eigenvalue weighted by Crippen LogP contribution is -2.44. The molecular weight excluding hydrogens is 404 g/mol. The fourth-order valence-corrected chi connectivity index (χ4v) is 5.38. The van der Waals surface area contributed by atoms with Gasteiger partial charge in [0.25, 0.3) is 0 Å². The number of pyridine rings is 1. The maximum atomic E-state index is 13.8. The Labute approximate surface area is 169 Å². The number of benzene rings is 1. The molecular formula is C21H18F4N2O3. The quantitative estimate of drug-likeness (QED) is 0.588. The summed E-state index contributed by atoms with van der Waals surface area (Å²) < 4.78 is 59.0. The van der Waals surface area contributed by atoms with Crippen LogP contribution in [0.15, 0.2) is 36.5 Å². The van der Waals surface area contributed by atoms with Crippen molar-refractivity contribution in [3.05, 3.63) is 59.2 Å².